The molecule has 31 heavy (non-hydrogen) atoms. The number of phenolic OH excluding ortho intramolecular Hbond substituents is 1. The van der Waals surface area contributed by atoms with Gasteiger partial charge < -0.3 is 19.5 Å². The molecule has 1 unspecified atom stereocenters. The standard InChI is InChI=1S/C24H27N3O4/c1-6-31-18-13-15(9-12-17(18)28)22-19-20(14-7-10-16(30-5)11-8-14)25-26-21(19)23(29)27(22)24(2,3)4/h7-13,22,28H,6H2,1-5H3,(H,25,26). The average molecular weight is 421 g/mol. The number of carbonyl (C=O) groups is 1. The van der Waals surface area contributed by atoms with Gasteiger partial charge in [-0.05, 0) is 69.7 Å². The lowest BCUT2D eigenvalue weighted by Crippen LogP contribution is -2.44. The van der Waals surface area contributed by atoms with E-state index < -0.39 is 5.54 Å². The number of nitrogens with zero attached hydrogens (tertiary/aromatic N) is 2. The molecule has 7 heteroatoms. The second kappa shape index (κ2) is 7.65. The first-order valence-electron chi connectivity index (χ1n) is 10.3. The minimum atomic E-state index is -0.442. The highest BCUT2D eigenvalue weighted by atomic mass is 16.5. The van der Waals surface area contributed by atoms with Crippen LogP contribution in [0.2, 0.25) is 0 Å². The zero-order chi connectivity index (χ0) is 22.3. The van der Waals surface area contributed by atoms with Crippen LogP contribution in [0.4, 0.5) is 0 Å². The van der Waals surface area contributed by atoms with Crippen molar-refractivity contribution in [3.63, 3.8) is 0 Å². The van der Waals surface area contributed by atoms with Gasteiger partial charge >= 0.3 is 0 Å². The first-order chi connectivity index (χ1) is 14.8. The molecular weight excluding hydrogens is 394 g/mol. The highest BCUT2D eigenvalue weighted by Gasteiger charge is 2.46. The molecule has 0 aliphatic carbocycles. The quantitative estimate of drug-likeness (QED) is 0.632. The third-order valence-electron chi connectivity index (χ3n) is 5.45. The van der Waals surface area contributed by atoms with Gasteiger partial charge in [0.05, 0.1) is 25.5 Å². The molecule has 2 aromatic carbocycles. The van der Waals surface area contributed by atoms with E-state index in [9.17, 15) is 9.90 Å². The largest absolute Gasteiger partial charge is 0.504 e. The lowest BCUT2D eigenvalue weighted by atomic mass is 9.93. The van der Waals surface area contributed by atoms with E-state index in [0.717, 1.165) is 22.4 Å². The van der Waals surface area contributed by atoms with Crippen molar-refractivity contribution in [3.05, 3.63) is 59.3 Å². The predicted molar refractivity (Wildman–Crippen MR) is 118 cm³/mol. The number of aromatic amines is 1. The van der Waals surface area contributed by atoms with Crippen LogP contribution in [0.1, 0.15) is 55.4 Å². The first-order valence-corrected chi connectivity index (χ1v) is 10.3. The molecule has 1 aromatic heterocycles. The van der Waals surface area contributed by atoms with Crippen molar-refractivity contribution in [2.24, 2.45) is 0 Å². The Kier molecular flexibility index (Phi) is 5.13. The van der Waals surface area contributed by atoms with Crippen molar-refractivity contribution in [3.8, 4) is 28.5 Å². The van der Waals surface area contributed by atoms with Crippen molar-refractivity contribution in [2.75, 3.05) is 13.7 Å². The Morgan fingerprint density at radius 1 is 1.16 bits per heavy atom. The van der Waals surface area contributed by atoms with Gasteiger partial charge in [-0.2, -0.15) is 5.10 Å². The summed E-state index contributed by atoms with van der Waals surface area (Å²) in [6.45, 7) is 8.32. The molecule has 4 rings (SSSR count). The Balaban J connectivity index is 1.90. The van der Waals surface area contributed by atoms with E-state index >= 15 is 0 Å². The fourth-order valence-electron chi connectivity index (χ4n) is 4.10. The third kappa shape index (κ3) is 3.50. The molecule has 162 valence electrons. The van der Waals surface area contributed by atoms with Gasteiger partial charge in [0, 0.05) is 16.7 Å². The Bertz CT molecular complexity index is 1110. The van der Waals surface area contributed by atoms with E-state index in [1.54, 1.807) is 19.2 Å². The number of nitrogens with one attached hydrogen (secondary N) is 1. The number of amides is 1. The molecule has 3 aromatic rings. The van der Waals surface area contributed by atoms with Crippen molar-refractivity contribution < 1.29 is 19.4 Å². The molecule has 0 fully saturated rings. The van der Waals surface area contributed by atoms with E-state index in [1.807, 2.05) is 62.9 Å². The van der Waals surface area contributed by atoms with Crippen LogP contribution in [0.3, 0.4) is 0 Å². The van der Waals surface area contributed by atoms with Crippen LogP contribution in [0.25, 0.3) is 11.3 Å². The number of rotatable bonds is 5. The van der Waals surface area contributed by atoms with E-state index in [1.165, 1.54) is 0 Å². The summed E-state index contributed by atoms with van der Waals surface area (Å²) < 4.78 is 10.9. The monoisotopic (exact) mass is 421 g/mol. The smallest absolute Gasteiger partial charge is 0.273 e. The Labute approximate surface area is 181 Å². The van der Waals surface area contributed by atoms with Crippen molar-refractivity contribution in [2.45, 2.75) is 39.3 Å². The lowest BCUT2D eigenvalue weighted by Gasteiger charge is -2.38. The third-order valence-corrected chi connectivity index (χ3v) is 5.45. The number of fused-ring (bicyclic) bond motifs is 1. The zero-order valence-corrected chi connectivity index (χ0v) is 18.4. The summed E-state index contributed by atoms with van der Waals surface area (Å²) in [6.07, 6.45) is 0. The molecule has 1 amide bonds. The zero-order valence-electron chi connectivity index (χ0n) is 18.4. The maximum Gasteiger partial charge on any atom is 0.273 e. The SMILES string of the molecule is CCOc1cc(C2c3c(-c4ccc(OC)cc4)n[nH]c3C(=O)N2C(C)(C)C)ccc1O. The van der Waals surface area contributed by atoms with Gasteiger partial charge in [0.1, 0.15) is 11.4 Å². The van der Waals surface area contributed by atoms with E-state index in [0.29, 0.717) is 23.7 Å². The maximum absolute atomic E-state index is 13.4. The minimum Gasteiger partial charge on any atom is -0.504 e. The summed E-state index contributed by atoms with van der Waals surface area (Å²) in [7, 11) is 1.62. The number of hydrogen-bond acceptors (Lipinski definition) is 5. The molecule has 0 radical (unpaired) electrons. The molecule has 1 aliphatic rings. The molecule has 0 saturated heterocycles. The van der Waals surface area contributed by atoms with Gasteiger partial charge in [-0.3, -0.25) is 9.89 Å². The number of phenols is 1. The predicted octanol–water partition coefficient (Wildman–Crippen LogP) is 4.53. The highest BCUT2D eigenvalue weighted by molar-refractivity contribution is 6.00. The number of ether oxygens (including phenoxy) is 2. The Morgan fingerprint density at radius 2 is 1.87 bits per heavy atom. The summed E-state index contributed by atoms with van der Waals surface area (Å²) in [6, 6.07) is 12.5. The molecule has 0 bridgehead atoms. The van der Waals surface area contributed by atoms with Crippen LogP contribution < -0.4 is 9.47 Å². The second-order valence-electron chi connectivity index (χ2n) is 8.50. The molecule has 0 saturated carbocycles. The fraction of sp³-hybridized carbons (Fsp3) is 0.333. The maximum atomic E-state index is 13.4. The molecule has 1 aliphatic heterocycles. The molecule has 2 N–H and O–H groups in total. The summed E-state index contributed by atoms with van der Waals surface area (Å²) in [4.78, 5) is 15.3. The molecule has 2 heterocycles. The van der Waals surface area contributed by atoms with Crippen LogP contribution in [0, 0.1) is 0 Å². The number of methoxy groups -OCH3 is 1. The number of benzene rings is 2. The van der Waals surface area contributed by atoms with Crippen LogP contribution in [0.5, 0.6) is 17.2 Å². The summed E-state index contributed by atoms with van der Waals surface area (Å²) >= 11 is 0. The van der Waals surface area contributed by atoms with Gasteiger partial charge in [0.2, 0.25) is 0 Å². The van der Waals surface area contributed by atoms with Gasteiger partial charge in [0.15, 0.2) is 11.5 Å². The van der Waals surface area contributed by atoms with Gasteiger partial charge in [0.25, 0.3) is 5.91 Å². The molecule has 0 spiro atoms. The number of aromatic nitrogens is 2. The van der Waals surface area contributed by atoms with Crippen molar-refractivity contribution >= 4 is 5.91 Å². The normalized spacial score (nSPS) is 15.8. The van der Waals surface area contributed by atoms with Gasteiger partial charge in [-0.15, -0.1) is 0 Å². The molecule has 1 atom stereocenters. The van der Waals surface area contributed by atoms with Crippen LogP contribution >= 0.6 is 0 Å². The van der Waals surface area contributed by atoms with Crippen molar-refractivity contribution in [1.29, 1.82) is 0 Å². The van der Waals surface area contributed by atoms with Crippen molar-refractivity contribution in [1.82, 2.24) is 15.1 Å². The number of carbonyl (C=O) groups excluding carboxylic acids is 1. The van der Waals surface area contributed by atoms with E-state index in [4.69, 9.17) is 9.47 Å². The first kappa shape index (κ1) is 20.8. The minimum absolute atomic E-state index is 0.0695. The Hall–Kier alpha value is -3.48. The average Bonchev–Trinajstić information content (AvgIpc) is 3.29. The van der Waals surface area contributed by atoms with Gasteiger partial charge in [-0.25, -0.2) is 0 Å². The number of hydrogen-bond donors (Lipinski definition) is 2. The summed E-state index contributed by atoms with van der Waals surface area (Å²) in [5.74, 6) is 1.11. The van der Waals surface area contributed by atoms with Crippen LogP contribution in [-0.4, -0.2) is 45.4 Å². The highest BCUT2D eigenvalue weighted by Crippen LogP contribution is 2.47. The lowest BCUT2D eigenvalue weighted by molar-refractivity contribution is 0.0545. The van der Waals surface area contributed by atoms with Crippen LogP contribution in [-0.2, 0) is 0 Å². The molecular formula is C24H27N3O4. The number of H-pyrrole nitrogens is 1. The van der Waals surface area contributed by atoms with E-state index in [-0.39, 0.29) is 17.7 Å². The topological polar surface area (TPSA) is 87.7 Å². The van der Waals surface area contributed by atoms with Gasteiger partial charge in [-0.1, -0.05) is 6.07 Å². The second-order valence-corrected chi connectivity index (χ2v) is 8.50. The fourth-order valence-corrected chi connectivity index (χ4v) is 4.10. The summed E-state index contributed by atoms with van der Waals surface area (Å²) in [5, 5.41) is 17.6. The molecule has 7 nitrogen and oxygen atoms in total. The number of aromatic hydroxyl groups is 1. The Morgan fingerprint density at radius 3 is 2.48 bits per heavy atom. The summed E-state index contributed by atoms with van der Waals surface area (Å²) in [5.41, 5.74) is 3.31. The van der Waals surface area contributed by atoms with E-state index in [2.05, 4.69) is 10.2 Å². The van der Waals surface area contributed by atoms with Crippen LogP contribution in [0.15, 0.2) is 42.5 Å².